The van der Waals surface area contributed by atoms with Gasteiger partial charge in [-0.05, 0) is 44.2 Å². The summed E-state index contributed by atoms with van der Waals surface area (Å²) in [5.74, 6) is 7.50. The second kappa shape index (κ2) is 7.51. The highest BCUT2D eigenvalue weighted by molar-refractivity contribution is 5.78. The van der Waals surface area contributed by atoms with Crippen LogP contribution in [0.2, 0.25) is 0 Å². The summed E-state index contributed by atoms with van der Waals surface area (Å²) in [4.78, 5) is 16.7. The van der Waals surface area contributed by atoms with E-state index < -0.39 is 0 Å². The largest absolute Gasteiger partial charge is 0.342 e. The van der Waals surface area contributed by atoms with E-state index in [-0.39, 0.29) is 5.92 Å². The highest BCUT2D eigenvalue weighted by Gasteiger charge is 2.38. The molecule has 0 aromatic carbocycles. The average Bonchev–Trinajstić information content (AvgIpc) is 2.49. The van der Waals surface area contributed by atoms with E-state index in [0.717, 1.165) is 19.6 Å². The van der Waals surface area contributed by atoms with Crippen molar-refractivity contribution in [3.63, 3.8) is 0 Å². The van der Waals surface area contributed by atoms with Crippen LogP contribution in [0.1, 0.15) is 53.4 Å². The number of likely N-dealkylation sites (tertiary alicyclic amines) is 2. The number of carbonyl (C=O) groups excluding carboxylic acids is 1. The molecule has 22 heavy (non-hydrogen) atoms. The highest BCUT2D eigenvalue weighted by atomic mass is 16.2. The van der Waals surface area contributed by atoms with E-state index in [0.29, 0.717) is 17.2 Å². The zero-order valence-corrected chi connectivity index (χ0v) is 14.8. The smallest absolute Gasteiger partial charge is 0.225 e. The zero-order valence-electron chi connectivity index (χ0n) is 14.8. The Balaban J connectivity index is 1.78. The summed E-state index contributed by atoms with van der Waals surface area (Å²) in [6.07, 6.45) is 4.94. The Morgan fingerprint density at radius 2 is 1.55 bits per heavy atom. The van der Waals surface area contributed by atoms with Crippen molar-refractivity contribution in [2.75, 3.05) is 32.7 Å². The predicted molar refractivity (Wildman–Crippen MR) is 91.4 cm³/mol. The van der Waals surface area contributed by atoms with Gasteiger partial charge in [-0.15, -0.1) is 0 Å². The molecule has 2 fully saturated rings. The summed E-state index contributed by atoms with van der Waals surface area (Å²) in [5, 5.41) is 0. The molecule has 0 aromatic heterocycles. The molecule has 2 saturated heterocycles. The van der Waals surface area contributed by atoms with Crippen molar-refractivity contribution < 1.29 is 4.79 Å². The standard InChI is InChI=1S/C19H32N2O/c1-16(2)6-5-11-20-12-7-19(8-13-20)9-14-21(15-10-19)18(22)17(3)4/h16-17H,7-15H2,1-4H3. The van der Waals surface area contributed by atoms with Crippen LogP contribution < -0.4 is 0 Å². The lowest BCUT2D eigenvalue weighted by Crippen LogP contribution is -2.49. The van der Waals surface area contributed by atoms with E-state index in [9.17, 15) is 4.79 Å². The third kappa shape index (κ3) is 4.49. The quantitative estimate of drug-likeness (QED) is 0.732. The second-order valence-corrected chi connectivity index (χ2v) is 7.73. The summed E-state index contributed by atoms with van der Waals surface area (Å²) in [6.45, 7) is 13.5. The number of hydrogen-bond donors (Lipinski definition) is 0. The fraction of sp³-hybridized carbons (Fsp3) is 0.842. The zero-order chi connectivity index (χ0) is 16.2. The molecule has 2 rings (SSSR count). The molecule has 2 aliphatic heterocycles. The number of carbonyl (C=O) groups is 1. The average molecular weight is 304 g/mol. The van der Waals surface area contributed by atoms with Crippen LogP contribution in [-0.2, 0) is 4.79 Å². The van der Waals surface area contributed by atoms with Crippen LogP contribution in [0.5, 0.6) is 0 Å². The van der Waals surface area contributed by atoms with Gasteiger partial charge in [0, 0.05) is 24.9 Å². The normalized spacial score (nSPS) is 22.0. The molecule has 3 nitrogen and oxygen atoms in total. The molecule has 1 spiro atoms. The topological polar surface area (TPSA) is 23.6 Å². The lowest BCUT2D eigenvalue weighted by atomic mass is 9.71. The van der Waals surface area contributed by atoms with Crippen LogP contribution in [-0.4, -0.2) is 48.4 Å². The second-order valence-electron chi connectivity index (χ2n) is 7.73. The first kappa shape index (κ1) is 17.3. The van der Waals surface area contributed by atoms with E-state index in [4.69, 9.17) is 0 Å². The van der Waals surface area contributed by atoms with E-state index >= 15 is 0 Å². The third-order valence-corrected chi connectivity index (χ3v) is 5.24. The fourth-order valence-electron chi connectivity index (χ4n) is 3.61. The van der Waals surface area contributed by atoms with Crippen molar-refractivity contribution in [2.45, 2.75) is 53.4 Å². The summed E-state index contributed by atoms with van der Waals surface area (Å²) in [6, 6.07) is 0. The van der Waals surface area contributed by atoms with Crippen molar-refractivity contribution in [1.82, 2.24) is 9.80 Å². The molecule has 0 bridgehead atoms. The van der Waals surface area contributed by atoms with Gasteiger partial charge in [-0.25, -0.2) is 0 Å². The van der Waals surface area contributed by atoms with E-state index in [1.165, 1.54) is 38.8 Å². The Kier molecular flexibility index (Phi) is 5.92. The first-order chi connectivity index (χ1) is 10.4. The molecule has 3 heteroatoms. The molecule has 0 radical (unpaired) electrons. The summed E-state index contributed by atoms with van der Waals surface area (Å²) < 4.78 is 0. The van der Waals surface area contributed by atoms with Crippen LogP contribution in [0.3, 0.4) is 0 Å². The summed E-state index contributed by atoms with van der Waals surface area (Å²) >= 11 is 0. The summed E-state index contributed by atoms with van der Waals surface area (Å²) in [5.41, 5.74) is 0.496. The van der Waals surface area contributed by atoms with Gasteiger partial charge in [0.1, 0.15) is 0 Å². The minimum atomic E-state index is 0.135. The minimum Gasteiger partial charge on any atom is -0.342 e. The molecule has 0 N–H and O–H groups in total. The van der Waals surface area contributed by atoms with Crippen molar-refractivity contribution in [2.24, 2.45) is 17.3 Å². The third-order valence-electron chi connectivity index (χ3n) is 5.24. The molecule has 0 saturated carbocycles. The fourth-order valence-corrected chi connectivity index (χ4v) is 3.61. The Hall–Kier alpha value is -1.01. The van der Waals surface area contributed by atoms with Gasteiger partial charge in [0.05, 0.1) is 6.54 Å². The Morgan fingerprint density at radius 3 is 2.05 bits per heavy atom. The van der Waals surface area contributed by atoms with Gasteiger partial charge >= 0.3 is 0 Å². The van der Waals surface area contributed by atoms with Crippen LogP contribution in [0, 0.1) is 29.1 Å². The van der Waals surface area contributed by atoms with Crippen LogP contribution in [0.4, 0.5) is 0 Å². The Morgan fingerprint density at radius 1 is 1.00 bits per heavy atom. The number of hydrogen-bond acceptors (Lipinski definition) is 2. The lowest BCUT2D eigenvalue weighted by Gasteiger charge is -2.47. The number of amides is 1. The first-order valence-electron chi connectivity index (χ1n) is 8.91. The maximum atomic E-state index is 12.1. The number of piperidine rings is 2. The van der Waals surface area contributed by atoms with Crippen LogP contribution in [0.15, 0.2) is 0 Å². The Labute approximate surface area is 136 Å². The molecule has 2 heterocycles. The molecule has 0 aromatic rings. The van der Waals surface area contributed by atoms with Crippen molar-refractivity contribution in [3.05, 3.63) is 0 Å². The first-order valence-corrected chi connectivity index (χ1v) is 8.91. The van der Waals surface area contributed by atoms with Crippen LogP contribution in [0.25, 0.3) is 0 Å². The summed E-state index contributed by atoms with van der Waals surface area (Å²) in [7, 11) is 0. The van der Waals surface area contributed by atoms with Gasteiger partial charge in [-0.2, -0.15) is 0 Å². The molecular formula is C19H32N2O. The molecule has 1 amide bonds. The SMILES string of the molecule is CC(C)C#CCN1CCC2(CC1)CCN(C(=O)C(C)C)CC2. The maximum absolute atomic E-state index is 12.1. The lowest BCUT2D eigenvalue weighted by molar-refractivity contribution is -0.137. The molecule has 0 aliphatic carbocycles. The van der Waals surface area contributed by atoms with E-state index in [1.807, 2.05) is 13.8 Å². The van der Waals surface area contributed by atoms with E-state index in [1.54, 1.807) is 0 Å². The highest BCUT2D eigenvalue weighted by Crippen LogP contribution is 2.41. The molecular weight excluding hydrogens is 272 g/mol. The molecule has 2 aliphatic rings. The number of rotatable bonds is 2. The molecule has 124 valence electrons. The predicted octanol–water partition coefficient (Wildman–Crippen LogP) is 3.01. The van der Waals surface area contributed by atoms with Gasteiger partial charge in [-0.1, -0.05) is 39.5 Å². The van der Waals surface area contributed by atoms with Crippen LogP contribution >= 0.6 is 0 Å². The van der Waals surface area contributed by atoms with Crippen molar-refractivity contribution in [3.8, 4) is 11.8 Å². The van der Waals surface area contributed by atoms with Gasteiger partial charge in [0.2, 0.25) is 5.91 Å². The number of nitrogens with zero attached hydrogens (tertiary/aromatic N) is 2. The van der Waals surface area contributed by atoms with E-state index in [2.05, 4.69) is 35.5 Å². The minimum absolute atomic E-state index is 0.135. The molecule has 0 atom stereocenters. The molecule has 0 unspecified atom stereocenters. The van der Waals surface area contributed by atoms with Crippen molar-refractivity contribution >= 4 is 5.91 Å². The van der Waals surface area contributed by atoms with Gasteiger partial charge in [0.15, 0.2) is 0 Å². The monoisotopic (exact) mass is 304 g/mol. The van der Waals surface area contributed by atoms with Gasteiger partial charge in [0.25, 0.3) is 0 Å². The van der Waals surface area contributed by atoms with Crippen molar-refractivity contribution in [1.29, 1.82) is 0 Å². The van der Waals surface area contributed by atoms with Gasteiger partial charge in [-0.3, -0.25) is 9.69 Å². The maximum Gasteiger partial charge on any atom is 0.225 e. The Bertz CT molecular complexity index is 426. The van der Waals surface area contributed by atoms with Gasteiger partial charge < -0.3 is 4.90 Å².